The first-order chi connectivity index (χ1) is 7.60. The summed E-state index contributed by atoms with van der Waals surface area (Å²) in [6.45, 7) is 4.58. The van der Waals surface area contributed by atoms with Crippen molar-refractivity contribution in [1.82, 2.24) is 19.7 Å². The Hall–Kier alpha value is -1.92. The van der Waals surface area contributed by atoms with E-state index in [4.69, 9.17) is 0 Å². The molecule has 0 spiro atoms. The van der Waals surface area contributed by atoms with E-state index in [1.54, 1.807) is 4.90 Å². The lowest BCUT2D eigenvalue weighted by atomic mass is 10.4. The van der Waals surface area contributed by atoms with E-state index >= 15 is 0 Å². The molecular weight excluding hydrogens is 212 g/mol. The first kappa shape index (κ1) is 12.2. The number of rotatable bonds is 4. The zero-order chi connectivity index (χ0) is 12.1. The van der Waals surface area contributed by atoms with Gasteiger partial charge in [-0.3, -0.25) is 19.0 Å². The highest BCUT2D eigenvalue weighted by Gasteiger charge is 2.12. The van der Waals surface area contributed by atoms with E-state index < -0.39 is 11.1 Å². The Balaban J connectivity index is 2.89. The first-order valence-corrected chi connectivity index (χ1v) is 4.95. The van der Waals surface area contributed by atoms with Gasteiger partial charge in [0, 0.05) is 13.1 Å². The molecule has 7 nitrogen and oxygen atoms in total. The number of likely N-dealkylation sites (N-methyl/N-ethyl adjacent to an activating group) is 1. The van der Waals surface area contributed by atoms with Crippen molar-refractivity contribution in [3.63, 3.8) is 0 Å². The topological polar surface area (TPSA) is 88.1 Å². The fourth-order valence-corrected chi connectivity index (χ4v) is 1.27. The second kappa shape index (κ2) is 5.24. The quantitative estimate of drug-likeness (QED) is 0.638. The summed E-state index contributed by atoms with van der Waals surface area (Å²) in [7, 11) is 0. The highest BCUT2D eigenvalue weighted by Crippen LogP contribution is 1.90. The zero-order valence-electron chi connectivity index (χ0n) is 9.19. The lowest BCUT2D eigenvalue weighted by Gasteiger charge is -2.18. The summed E-state index contributed by atoms with van der Waals surface area (Å²) in [6, 6.07) is 0. The van der Waals surface area contributed by atoms with Crippen molar-refractivity contribution >= 4 is 5.91 Å². The van der Waals surface area contributed by atoms with E-state index in [0.29, 0.717) is 13.1 Å². The predicted molar refractivity (Wildman–Crippen MR) is 55.9 cm³/mol. The van der Waals surface area contributed by atoms with E-state index in [-0.39, 0.29) is 12.5 Å². The molecule has 0 fully saturated rings. The number of hydrogen-bond acceptors (Lipinski definition) is 4. The van der Waals surface area contributed by atoms with Crippen molar-refractivity contribution in [3.8, 4) is 0 Å². The van der Waals surface area contributed by atoms with Crippen molar-refractivity contribution in [2.45, 2.75) is 20.4 Å². The Morgan fingerprint density at radius 3 is 2.62 bits per heavy atom. The van der Waals surface area contributed by atoms with Gasteiger partial charge in [0.25, 0.3) is 0 Å². The molecule has 1 radical (unpaired) electrons. The molecule has 1 heterocycles. The molecule has 16 heavy (non-hydrogen) atoms. The van der Waals surface area contributed by atoms with Crippen LogP contribution in [-0.2, 0) is 11.3 Å². The molecule has 1 aromatic rings. The highest BCUT2D eigenvalue weighted by atomic mass is 16.2. The van der Waals surface area contributed by atoms with Gasteiger partial charge in [-0.15, -0.1) is 0 Å². The van der Waals surface area contributed by atoms with Crippen LogP contribution in [0.1, 0.15) is 13.8 Å². The van der Waals surface area contributed by atoms with Gasteiger partial charge in [0.15, 0.2) is 0 Å². The zero-order valence-corrected chi connectivity index (χ0v) is 9.19. The first-order valence-electron chi connectivity index (χ1n) is 4.95. The van der Waals surface area contributed by atoms with Crippen molar-refractivity contribution in [1.29, 1.82) is 0 Å². The summed E-state index contributed by atoms with van der Waals surface area (Å²) < 4.78 is 0.874. The third-order valence-electron chi connectivity index (χ3n) is 2.18. The van der Waals surface area contributed by atoms with E-state index in [1.165, 1.54) is 0 Å². The Morgan fingerprint density at radius 2 is 2.06 bits per heavy atom. The molecule has 0 saturated heterocycles. The maximum Gasteiger partial charge on any atom is 0.330 e. The molecule has 0 aromatic carbocycles. The minimum absolute atomic E-state index is 0.211. The monoisotopic (exact) mass is 225 g/mol. The van der Waals surface area contributed by atoms with E-state index in [9.17, 15) is 14.4 Å². The summed E-state index contributed by atoms with van der Waals surface area (Å²) in [6.07, 6.45) is 2.26. The summed E-state index contributed by atoms with van der Waals surface area (Å²) >= 11 is 0. The third-order valence-corrected chi connectivity index (χ3v) is 2.18. The molecule has 87 valence electrons. The summed E-state index contributed by atoms with van der Waals surface area (Å²) in [4.78, 5) is 35.4. The molecule has 1 aromatic heterocycles. The van der Waals surface area contributed by atoms with Crippen LogP contribution in [0, 0.1) is 6.33 Å². The largest absolute Gasteiger partial charge is 0.342 e. The molecule has 1 rings (SSSR count). The second-order valence-electron chi connectivity index (χ2n) is 3.11. The minimum Gasteiger partial charge on any atom is -0.342 e. The standard InChI is InChI=1S/C9H13N4O3/c1-3-12(4-2)7(14)5-13-6-10-11-8(15)9(13)16/h3-5H2,1-2H3,(H,11,15). The molecule has 0 atom stereocenters. The van der Waals surface area contributed by atoms with Gasteiger partial charge >= 0.3 is 11.1 Å². The Bertz CT molecular complexity index is 472. The summed E-state index contributed by atoms with van der Waals surface area (Å²) in [5.74, 6) is -0.240. The van der Waals surface area contributed by atoms with Crippen molar-refractivity contribution < 1.29 is 4.79 Å². The second-order valence-corrected chi connectivity index (χ2v) is 3.11. The number of nitrogens with zero attached hydrogens (tertiary/aromatic N) is 3. The van der Waals surface area contributed by atoms with Crippen LogP contribution in [0.2, 0.25) is 0 Å². The molecule has 0 aliphatic carbocycles. The van der Waals surface area contributed by atoms with Crippen LogP contribution in [0.3, 0.4) is 0 Å². The number of nitrogens with one attached hydrogen (secondary N) is 1. The maximum atomic E-state index is 11.6. The van der Waals surface area contributed by atoms with E-state index in [2.05, 4.69) is 11.4 Å². The molecule has 1 amide bonds. The highest BCUT2D eigenvalue weighted by molar-refractivity contribution is 5.75. The minimum atomic E-state index is -0.855. The number of hydrogen-bond donors (Lipinski definition) is 1. The molecule has 0 saturated carbocycles. The van der Waals surface area contributed by atoms with Crippen LogP contribution in [0.4, 0.5) is 0 Å². The van der Waals surface area contributed by atoms with Crippen LogP contribution in [0.25, 0.3) is 0 Å². The number of carbonyl (C=O) groups is 1. The molecule has 0 aliphatic heterocycles. The maximum absolute atomic E-state index is 11.6. The van der Waals surface area contributed by atoms with Crippen molar-refractivity contribution in [2.24, 2.45) is 0 Å². The van der Waals surface area contributed by atoms with Crippen molar-refractivity contribution in [2.75, 3.05) is 13.1 Å². The van der Waals surface area contributed by atoms with Crippen LogP contribution < -0.4 is 11.1 Å². The van der Waals surface area contributed by atoms with E-state index in [0.717, 1.165) is 4.57 Å². The lowest BCUT2D eigenvalue weighted by molar-refractivity contribution is -0.131. The smallest absolute Gasteiger partial charge is 0.330 e. The molecule has 1 N–H and O–H groups in total. The molecule has 0 unspecified atom stereocenters. The van der Waals surface area contributed by atoms with Crippen molar-refractivity contribution in [3.05, 3.63) is 27.0 Å². The van der Waals surface area contributed by atoms with Gasteiger partial charge in [-0.05, 0) is 13.8 Å². The molecular formula is C9H13N4O3. The van der Waals surface area contributed by atoms with Crippen LogP contribution >= 0.6 is 0 Å². The van der Waals surface area contributed by atoms with Crippen LogP contribution in [-0.4, -0.2) is 38.7 Å². The van der Waals surface area contributed by atoms with Gasteiger partial charge in [-0.1, -0.05) is 0 Å². The van der Waals surface area contributed by atoms with Gasteiger partial charge in [0.1, 0.15) is 6.54 Å². The van der Waals surface area contributed by atoms with Gasteiger partial charge in [0.05, 0.1) is 0 Å². The molecule has 0 aliphatic rings. The average Bonchev–Trinajstić information content (AvgIpc) is 2.26. The number of aromatic nitrogens is 3. The number of H-pyrrole nitrogens is 1. The number of amides is 1. The molecule has 0 bridgehead atoms. The fourth-order valence-electron chi connectivity index (χ4n) is 1.27. The lowest BCUT2D eigenvalue weighted by Crippen LogP contribution is -2.41. The summed E-state index contributed by atoms with van der Waals surface area (Å²) in [5, 5.41) is 5.29. The number of carbonyl (C=O) groups excluding carboxylic acids is 1. The van der Waals surface area contributed by atoms with E-state index in [1.807, 2.05) is 18.9 Å². The van der Waals surface area contributed by atoms with Gasteiger partial charge in [-0.25, -0.2) is 5.10 Å². The normalized spacial score (nSPS) is 10.1. The summed E-state index contributed by atoms with van der Waals surface area (Å²) in [5.41, 5.74) is -1.68. The van der Waals surface area contributed by atoms with Gasteiger partial charge in [-0.2, -0.15) is 5.10 Å². The number of aromatic amines is 1. The third kappa shape index (κ3) is 2.56. The Morgan fingerprint density at radius 1 is 1.44 bits per heavy atom. The average molecular weight is 225 g/mol. The SMILES string of the molecule is CCN(CC)C(=O)Cn1[c]n[nH]c(=O)c1=O. The van der Waals surface area contributed by atoms with Crippen LogP contribution in [0.15, 0.2) is 9.59 Å². The van der Waals surface area contributed by atoms with Gasteiger partial charge < -0.3 is 4.90 Å². The molecule has 7 heteroatoms. The fraction of sp³-hybridized carbons (Fsp3) is 0.556. The predicted octanol–water partition coefficient (Wildman–Crippen LogP) is -1.40. The van der Waals surface area contributed by atoms with Gasteiger partial charge in [0.2, 0.25) is 12.2 Å². The van der Waals surface area contributed by atoms with Crippen LogP contribution in [0.5, 0.6) is 0 Å². The Labute approximate surface area is 91.7 Å². The Kier molecular flexibility index (Phi) is 3.98.